The van der Waals surface area contributed by atoms with E-state index in [1.54, 1.807) is 7.11 Å². The van der Waals surface area contributed by atoms with Crippen molar-refractivity contribution in [3.8, 4) is 0 Å². The summed E-state index contributed by atoms with van der Waals surface area (Å²) in [6.07, 6.45) is 0.424. The van der Waals surface area contributed by atoms with E-state index in [9.17, 15) is 4.79 Å². The number of hydrogen-bond donors (Lipinski definition) is 1. The van der Waals surface area contributed by atoms with Crippen LogP contribution >= 0.6 is 15.9 Å². The Bertz CT molecular complexity index is 407. The zero-order chi connectivity index (χ0) is 13.5. The van der Waals surface area contributed by atoms with Crippen molar-refractivity contribution >= 4 is 21.8 Å². The normalized spacial score (nSPS) is 12.2. The molecule has 0 spiro atoms. The molecule has 1 aromatic rings. The van der Waals surface area contributed by atoms with Crippen molar-refractivity contribution in [1.82, 2.24) is 5.32 Å². The number of benzene rings is 1. The zero-order valence-corrected chi connectivity index (χ0v) is 12.7. The highest BCUT2D eigenvalue weighted by molar-refractivity contribution is 9.09. The molecule has 3 nitrogen and oxygen atoms in total. The summed E-state index contributed by atoms with van der Waals surface area (Å²) in [6.45, 7) is 5.30. The van der Waals surface area contributed by atoms with Gasteiger partial charge in [-0.25, -0.2) is 0 Å². The van der Waals surface area contributed by atoms with Gasteiger partial charge in [0.05, 0.1) is 17.9 Å². The molecule has 1 unspecified atom stereocenters. The SMILES string of the molecule is COCC(Br)CNC(=O)Cc1ccc(C)c(C)c1. The fourth-order valence-corrected chi connectivity index (χ4v) is 2.05. The molecule has 0 bridgehead atoms. The molecule has 1 aromatic carbocycles. The largest absolute Gasteiger partial charge is 0.383 e. The van der Waals surface area contributed by atoms with E-state index in [0.717, 1.165) is 5.56 Å². The first-order valence-electron chi connectivity index (χ1n) is 5.98. The summed E-state index contributed by atoms with van der Waals surface area (Å²) in [5, 5.41) is 2.88. The van der Waals surface area contributed by atoms with Crippen molar-refractivity contribution in [3.05, 3.63) is 34.9 Å². The Morgan fingerprint density at radius 2 is 2.11 bits per heavy atom. The second-order valence-electron chi connectivity index (χ2n) is 4.45. The number of amides is 1. The van der Waals surface area contributed by atoms with Gasteiger partial charge in [0, 0.05) is 13.7 Å². The molecule has 4 heteroatoms. The van der Waals surface area contributed by atoms with Gasteiger partial charge in [-0.2, -0.15) is 0 Å². The van der Waals surface area contributed by atoms with Crippen molar-refractivity contribution in [1.29, 1.82) is 0 Å². The number of aryl methyl sites for hydroxylation is 2. The van der Waals surface area contributed by atoms with Crippen LogP contribution in [0.15, 0.2) is 18.2 Å². The van der Waals surface area contributed by atoms with Crippen LogP contribution in [0.1, 0.15) is 16.7 Å². The molecule has 0 heterocycles. The van der Waals surface area contributed by atoms with E-state index in [1.807, 2.05) is 6.07 Å². The molecule has 1 amide bonds. The number of carbonyl (C=O) groups is 1. The van der Waals surface area contributed by atoms with E-state index >= 15 is 0 Å². The minimum atomic E-state index is 0.0406. The van der Waals surface area contributed by atoms with Crippen LogP contribution in [0.5, 0.6) is 0 Å². The van der Waals surface area contributed by atoms with Gasteiger partial charge in [0.15, 0.2) is 0 Å². The Morgan fingerprint density at radius 1 is 1.39 bits per heavy atom. The van der Waals surface area contributed by atoms with Crippen molar-refractivity contribution in [3.63, 3.8) is 0 Å². The van der Waals surface area contributed by atoms with Crippen LogP contribution in [0, 0.1) is 13.8 Å². The summed E-state index contributed by atoms with van der Waals surface area (Å²) < 4.78 is 4.98. The first-order valence-corrected chi connectivity index (χ1v) is 6.90. The molecule has 18 heavy (non-hydrogen) atoms. The van der Waals surface area contributed by atoms with Crippen molar-refractivity contribution < 1.29 is 9.53 Å². The zero-order valence-electron chi connectivity index (χ0n) is 11.1. The standard InChI is InChI=1S/C14H20BrNO2/c1-10-4-5-12(6-11(10)2)7-14(17)16-8-13(15)9-18-3/h4-6,13H,7-9H2,1-3H3,(H,16,17). The third-order valence-electron chi connectivity index (χ3n) is 2.80. The lowest BCUT2D eigenvalue weighted by atomic mass is 10.0. The Morgan fingerprint density at radius 3 is 2.72 bits per heavy atom. The molecule has 0 saturated carbocycles. The molecule has 0 radical (unpaired) electrons. The number of ether oxygens (including phenoxy) is 1. The van der Waals surface area contributed by atoms with E-state index in [0.29, 0.717) is 19.6 Å². The predicted molar refractivity (Wildman–Crippen MR) is 77.2 cm³/mol. The number of rotatable bonds is 6. The molecule has 1 rings (SSSR count). The lowest BCUT2D eigenvalue weighted by molar-refractivity contribution is -0.120. The summed E-state index contributed by atoms with van der Waals surface area (Å²) in [4.78, 5) is 11.9. The molecule has 0 aliphatic rings. The van der Waals surface area contributed by atoms with Gasteiger partial charge in [0.1, 0.15) is 0 Å². The van der Waals surface area contributed by atoms with Gasteiger partial charge < -0.3 is 10.1 Å². The molecule has 0 fully saturated rings. The number of hydrogen-bond acceptors (Lipinski definition) is 2. The predicted octanol–water partition coefficient (Wildman–Crippen LogP) is 2.37. The summed E-state index contributed by atoms with van der Waals surface area (Å²) in [7, 11) is 1.64. The maximum atomic E-state index is 11.7. The molecule has 0 aliphatic heterocycles. The maximum absolute atomic E-state index is 11.7. The lowest BCUT2D eigenvalue weighted by Crippen LogP contribution is -2.32. The van der Waals surface area contributed by atoms with Gasteiger partial charge in [-0.3, -0.25) is 4.79 Å². The van der Waals surface area contributed by atoms with Gasteiger partial charge >= 0.3 is 0 Å². The summed E-state index contributed by atoms with van der Waals surface area (Å²) in [6, 6.07) is 6.12. The fraction of sp³-hybridized carbons (Fsp3) is 0.500. The molecule has 1 N–H and O–H groups in total. The Labute approximate surface area is 117 Å². The number of carbonyl (C=O) groups excluding carboxylic acids is 1. The van der Waals surface area contributed by atoms with Crippen LogP contribution in [0.4, 0.5) is 0 Å². The monoisotopic (exact) mass is 313 g/mol. The van der Waals surface area contributed by atoms with Gasteiger partial charge in [-0.15, -0.1) is 0 Å². The van der Waals surface area contributed by atoms with Gasteiger partial charge in [-0.1, -0.05) is 34.1 Å². The maximum Gasteiger partial charge on any atom is 0.224 e. The highest BCUT2D eigenvalue weighted by Crippen LogP contribution is 2.10. The van der Waals surface area contributed by atoms with Crippen LogP contribution < -0.4 is 5.32 Å². The molecule has 1 atom stereocenters. The summed E-state index contributed by atoms with van der Waals surface area (Å²) in [5.74, 6) is 0.0406. The van der Waals surface area contributed by atoms with Crippen LogP contribution in [-0.4, -0.2) is 31.0 Å². The third kappa shape index (κ3) is 5.19. The second kappa shape index (κ2) is 7.54. The molecule has 0 aromatic heterocycles. The summed E-state index contributed by atoms with van der Waals surface area (Å²) in [5.41, 5.74) is 3.52. The van der Waals surface area contributed by atoms with E-state index in [-0.39, 0.29) is 10.7 Å². The highest BCUT2D eigenvalue weighted by atomic mass is 79.9. The Balaban J connectivity index is 2.42. The van der Waals surface area contributed by atoms with Crippen LogP contribution in [-0.2, 0) is 16.0 Å². The number of nitrogens with one attached hydrogen (secondary N) is 1. The number of methoxy groups -OCH3 is 1. The number of alkyl halides is 1. The quantitative estimate of drug-likeness (QED) is 0.819. The highest BCUT2D eigenvalue weighted by Gasteiger charge is 2.07. The van der Waals surface area contributed by atoms with Crippen LogP contribution in [0.2, 0.25) is 0 Å². The number of halogens is 1. The van der Waals surface area contributed by atoms with Gasteiger partial charge in [-0.05, 0) is 30.5 Å². The smallest absolute Gasteiger partial charge is 0.224 e. The Kier molecular flexibility index (Phi) is 6.36. The van der Waals surface area contributed by atoms with Gasteiger partial charge in [0.25, 0.3) is 0 Å². The van der Waals surface area contributed by atoms with E-state index in [1.165, 1.54) is 11.1 Å². The minimum Gasteiger partial charge on any atom is -0.383 e. The van der Waals surface area contributed by atoms with Crippen LogP contribution in [0.3, 0.4) is 0 Å². The Hall–Kier alpha value is -0.870. The lowest BCUT2D eigenvalue weighted by Gasteiger charge is -2.10. The molecule has 0 saturated heterocycles. The average Bonchev–Trinajstić information content (AvgIpc) is 2.32. The van der Waals surface area contributed by atoms with Gasteiger partial charge in [0.2, 0.25) is 5.91 Å². The summed E-state index contributed by atoms with van der Waals surface area (Å²) >= 11 is 3.43. The van der Waals surface area contributed by atoms with E-state index in [2.05, 4.69) is 47.2 Å². The first-order chi connectivity index (χ1) is 8.52. The topological polar surface area (TPSA) is 38.3 Å². The molecule has 100 valence electrons. The van der Waals surface area contributed by atoms with E-state index in [4.69, 9.17) is 4.74 Å². The second-order valence-corrected chi connectivity index (χ2v) is 5.75. The molecular weight excluding hydrogens is 294 g/mol. The van der Waals surface area contributed by atoms with E-state index < -0.39 is 0 Å². The molecular formula is C14H20BrNO2. The first kappa shape index (κ1) is 15.2. The molecule has 0 aliphatic carbocycles. The van der Waals surface area contributed by atoms with Crippen molar-refractivity contribution in [2.45, 2.75) is 25.1 Å². The third-order valence-corrected chi connectivity index (χ3v) is 3.39. The average molecular weight is 314 g/mol. The van der Waals surface area contributed by atoms with Crippen molar-refractivity contribution in [2.75, 3.05) is 20.3 Å². The van der Waals surface area contributed by atoms with Crippen LogP contribution in [0.25, 0.3) is 0 Å². The fourth-order valence-electron chi connectivity index (χ4n) is 1.63. The van der Waals surface area contributed by atoms with Crippen molar-refractivity contribution in [2.24, 2.45) is 0 Å². The minimum absolute atomic E-state index is 0.0406.